The van der Waals surface area contributed by atoms with Gasteiger partial charge in [0, 0.05) is 7.05 Å². The van der Waals surface area contributed by atoms with Crippen molar-refractivity contribution in [3.05, 3.63) is 27.9 Å². The van der Waals surface area contributed by atoms with Crippen LogP contribution in [0.25, 0.3) is 0 Å². The smallest absolute Gasteiger partial charge is 0.252 e. The molecule has 0 aromatic carbocycles. The lowest BCUT2D eigenvalue weighted by atomic mass is 10.3. The van der Waals surface area contributed by atoms with Crippen LogP contribution in [0.4, 0.5) is 5.69 Å². The highest BCUT2D eigenvalue weighted by Gasteiger charge is 2.25. The average Bonchev–Trinajstić information content (AvgIpc) is 3.00. The highest BCUT2D eigenvalue weighted by molar-refractivity contribution is 7.91. The van der Waals surface area contributed by atoms with Crippen molar-refractivity contribution >= 4 is 44.6 Å². The Balaban J connectivity index is 2.08. The summed E-state index contributed by atoms with van der Waals surface area (Å²) in [5.41, 5.74) is 0.983. The second-order valence-corrected chi connectivity index (χ2v) is 8.55. The average molecular weight is 364 g/mol. The van der Waals surface area contributed by atoms with Crippen LogP contribution in [0.3, 0.4) is 0 Å². The zero-order valence-electron chi connectivity index (χ0n) is 12.1. The number of aryl methyl sites for hydroxylation is 2. The Bertz CT molecular complexity index is 778. The van der Waals surface area contributed by atoms with Gasteiger partial charge in [-0.3, -0.25) is 4.79 Å². The summed E-state index contributed by atoms with van der Waals surface area (Å²) in [5.74, 6) is -0.0236. The molecule has 0 unspecified atom stereocenters. The van der Waals surface area contributed by atoms with Crippen LogP contribution in [0, 0.1) is 13.8 Å². The second kappa shape index (κ2) is 6.37. The number of likely N-dealkylation sites (N-methyl/N-ethyl adjacent to an activating group) is 1. The predicted molar refractivity (Wildman–Crippen MR) is 83.8 cm³/mol. The maximum absolute atomic E-state index is 12.3. The molecule has 1 amide bonds. The van der Waals surface area contributed by atoms with E-state index in [-0.39, 0.29) is 10.8 Å². The zero-order chi connectivity index (χ0) is 16.5. The third kappa shape index (κ3) is 3.49. The molecule has 2 heterocycles. The van der Waals surface area contributed by atoms with E-state index >= 15 is 0 Å². The fraction of sp³-hybridized carbons (Fsp3) is 0.333. The van der Waals surface area contributed by atoms with E-state index in [1.165, 1.54) is 19.2 Å². The molecular formula is C12H14ClN3O4S2. The van der Waals surface area contributed by atoms with Gasteiger partial charge in [0.2, 0.25) is 5.91 Å². The van der Waals surface area contributed by atoms with Crippen LogP contribution in [-0.4, -0.2) is 37.4 Å². The van der Waals surface area contributed by atoms with Crippen molar-refractivity contribution < 1.29 is 17.7 Å². The molecule has 0 atom stereocenters. The Hall–Kier alpha value is -1.42. The first-order valence-electron chi connectivity index (χ1n) is 6.16. The van der Waals surface area contributed by atoms with Crippen LogP contribution < -0.4 is 5.32 Å². The van der Waals surface area contributed by atoms with Crippen LogP contribution in [0.15, 0.2) is 20.9 Å². The largest absolute Gasteiger partial charge is 0.359 e. The van der Waals surface area contributed by atoms with Gasteiger partial charge in [0.25, 0.3) is 10.0 Å². The molecule has 0 bridgehead atoms. The van der Waals surface area contributed by atoms with Gasteiger partial charge in [0.1, 0.15) is 15.6 Å². The summed E-state index contributed by atoms with van der Waals surface area (Å²) >= 11 is 6.68. The third-order valence-corrected chi connectivity index (χ3v) is 6.38. The zero-order valence-corrected chi connectivity index (χ0v) is 14.5. The van der Waals surface area contributed by atoms with E-state index in [1.54, 1.807) is 13.8 Å². The minimum atomic E-state index is -3.74. The van der Waals surface area contributed by atoms with Gasteiger partial charge in [-0.2, -0.15) is 4.31 Å². The van der Waals surface area contributed by atoms with E-state index in [4.69, 9.17) is 16.1 Å². The number of sulfonamides is 1. The van der Waals surface area contributed by atoms with Crippen LogP contribution in [-0.2, 0) is 14.8 Å². The number of carbonyl (C=O) groups is 1. The minimum absolute atomic E-state index is 0.0881. The van der Waals surface area contributed by atoms with Gasteiger partial charge in [-0.05, 0) is 26.0 Å². The number of nitrogens with zero attached hydrogens (tertiary/aromatic N) is 2. The number of halogens is 1. The van der Waals surface area contributed by atoms with Crippen molar-refractivity contribution in [2.24, 2.45) is 0 Å². The Morgan fingerprint density at radius 3 is 2.64 bits per heavy atom. The first-order valence-corrected chi connectivity index (χ1v) is 8.79. The van der Waals surface area contributed by atoms with Gasteiger partial charge in [-0.25, -0.2) is 8.42 Å². The van der Waals surface area contributed by atoms with Gasteiger partial charge in [0.05, 0.1) is 10.9 Å². The number of hydrogen-bond donors (Lipinski definition) is 1. The number of nitrogens with one attached hydrogen (secondary N) is 1. The van der Waals surface area contributed by atoms with Crippen molar-refractivity contribution in [1.82, 2.24) is 9.46 Å². The molecule has 0 saturated heterocycles. The van der Waals surface area contributed by atoms with Crippen molar-refractivity contribution in [2.75, 3.05) is 18.9 Å². The molecule has 120 valence electrons. The molecule has 0 spiro atoms. The molecule has 1 N–H and O–H groups in total. The van der Waals surface area contributed by atoms with Crippen molar-refractivity contribution in [1.29, 1.82) is 0 Å². The Morgan fingerprint density at radius 2 is 2.14 bits per heavy atom. The molecule has 10 heteroatoms. The molecule has 0 aliphatic rings. The molecule has 0 saturated carbocycles. The van der Waals surface area contributed by atoms with Gasteiger partial charge in [0.15, 0.2) is 5.76 Å². The predicted octanol–water partition coefficient (Wildman–Crippen LogP) is 2.27. The normalized spacial score (nSPS) is 11.9. The van der Waals surface area contributed by atoms with Crippen molar-refractivity contribution in [3.8, 4) is 0 Å². The molecule has 0 fully saturated rings. The number of anilines is 1. The lowest BCUT2D eigenvalue weighted by molar-refractivity contribution is -0.116. The number of hydrogen-bond acceptors (Lipinski definition) is 6. The van der Waals surface area contributed by atoms with E-state index in [2.05, 4.69) is 10.5 Å². The van der Waals surface area contributed by atoms with Gasteiger partial charge in [-0.15, -0.1) is 11.3 Å². The maximum Gasteiger partial charge on any atom is 0.252 e. The fourth-order valence-electron chi connectivity index (χ4n) is 1.72. The van der Waals surface area contributed by atoms with Crippen molar-refractivity contribution in [2.45, 2.75) is 18.1 Å². The van der Waals surface area contributed by atoms with E-state index in [1.807, 2.05) is 0 Å². The summed E-state index contributed by atoms with van der Waals surface area (Å²) in [6.07, 6.45) is 0. The number of thiophene rings is 1. The highest BCUT2D eigenvalue weighted by atomic mass is 35.5. The lowest BCUT2D eigenvalue weighted by Crippen LogP contribution is -2.34. The first kappa shape index (κ1) is 16.9. The first-order chi connectivity index (χ1) is 10.2. The quantitative estimate of drug-likeness (QED) is 0.879. The maximum atomic E-state index is 12.3. The summed E-state index contributed by atoms with van der Waals surface area (Å²) < 4.78 is 30.9. The van der Waals surface area contributed by atoms with E-state index in [9.17, 15) is 13.2 Å². The molecule has 2 aromatic heterocycles. The summed E-state index contributed by atoms with van der Waals surface area (Å²) in [4.78, 5) is 12.0. The fourth-order valence-corrected chi connectivity index (χ4v) is 4.54. The summed E-state index contributed by atoms with van der Waals surface area (Å²) in [6.45, 7) is 3.01. The molecule has 2 rings (SSSR count). The molecule has 0 aliphatic carbocycles. The molecule has 2 aromatic rings. The third-order valence-electron chi connectivity index (χ3n) is 2.88. The standard InChI is InChI=1S/C12H14ClN3O4S2/c1-7-12(8(2)20-15-7)14-10(17)6-16(3)22(18,19)11-5-4-9(13)21-11/h4-5H,6H2,1-3H3,(H,14,17). The summed E-state index contributed by atoms with van der Waals surface area (Å²) in [5, 5.41) is 6.31. The van der Waals surface area contributed by atoms with Crippen LogP contribution in [0.5, 0.6) is 0 Å². The van der Waals surface area contributed by atoms with E-state index in [0.29, 0.717) is 21.5 Å². The summed E-state index contributed by atoms with van der Waals surface area (Å²) in [7, 11) is -2.42. The number of amides is 1. The molecular weight excluding hydrogens is 350 g/mol. The molecule has 0 radical (unpaired) electrons. The summed E-state index contributed by atoms with van der Waals surface area (Å²) in [6, 6.07) is 2.90. The Kier molecular flexibility index (Phi) is 4.90. The Morgan fingerprint density at radius 1 is 1.45 bits per heavy atom. The van der Waals surface area contributed by atoms with Crippen LogP contribution in [0.2, 0.25) is 4.34 Å². The lowest BCUT2D eigenvalue weighted by Gasteiger charge is -2.15. The Labute approximate surface area is 136 Å². The number of carbonyl (C=O) groups excluding carboxylic acids is 1. The van der Waals surface area contributed by atoms with Gasteiger partial charge >= 0.3 is 0 Å². The molecule has 0 aliphatic heterocycles. The van der Waals surface area contributed by atoms with Crippen LogP contribution >= 0.6 is 22.9 Å². The number of aromatic nitrogens is 1. The highest BCUT2D eigenvalue weighted by Crippen LogP contribution is 2.27. The van der Waals surface area contributed by atoms with E-state index in [0.717, 1.165) is 15.6 Å². The monoisotopic (exact) mass is 363 g/mol. The molecule has 7 nitrogen and oxygen atoms in total. The SMILES string of the molecule is Cc1noc(C)c1NC(=O)CN(C)S(=O)(=O)c1ccc(Cl)s1. The second-order valence-electron chi connectivity index (χ2n) is 4.57. The molecule has 22 heavy (non-hydrogen) atoms. The minimum Gasteiger partial charge on any atom is -0.359 e. The van der Waals surface area contributed by atoms with Crippen LogP contribution in [0.1, 0.15) is 11.5 Å². The van der Waals surface area contributed by atoms with E-state index < -0.39 is 15.9 Å². The number of rotatable bonds is 5. The van der Waals surface area contributed by atoms with Gasteiger partial charge in [-0.1, -0.05) is 16.8 Å². The van der Waals surface area contributed by atoms with Gasteiger partial charge < -0.3 is 9.84 Å². The topological polar surface area (TPSA) is 92.5 Å². The van der Waals surface area contributed by atoms with Crippen molar-refractivity contribution in [3.63, 3.8) is 0 Å².